The Hall–Kier alpha value is -2.74. The molecule has 0 spiro atoms. The fourth-order valence-electron chi connectivity index (χ4n) is 2.54. The molecule has 0 N–H and O–H groups in total. The zero-order valence-electron chi connectivity index (χ0n) is 13.5. The second-order valence-corrected chi connectivity index (χ2v) is 5.54. The number of hydrogen-bond acceptors (Lipinski definition) is 2. The van der Waals surface area contributed by atoms with Crippen LogP contribution in [-0.4, -0.2) is 9.97 Å². The number of rotatable bonds is 4. The summed E-state index contributed by atoms with van der Waals surface area (Å²) in [6, 6.07) is 16.5. The molecule has 0 unspecified atom stereocenters. The van der Waals surface area contributed by atoms with E-state index in [-0.39, 0.29) is 0 Å². The third-order valence-corrected chi connectivity index (χ3v) is 3.69. The van der Waals surface area contributed by atoms with Crippen molar-refractivity contribution in [3.63, 3.8) is 0 Å². The first kappa shape index (κ1) is 15.2. The summed E-state index contributed by atoms with van der Waals surface area (Å²) < 4.78 is 0. The summed E-state index contributed by atoms with van der Waals surface area (Å²) in [6.07, 6.45) is 8.99. The van der Waals surface area contributed by atoms with E-state index >= 15 is 0 Å². The minimum atomic E-state index is 0.769. The molecule has 0 saturated carbocycles. The molecule has 2 heteroatoms. The van der Waals surface area contributed by atoms with Crippen molar-refractivity contribution in [2.75, 3.05) is 0 Å². The van der Waals surface area contributed by atoms with Crippen molar-refractivity contribution in [3.05, 3.63) is 84.1 Å². The van der Waals surface area contributed by atoms with Crippen LogP contribution in [0, 0.1) is 6.92 Å². The van der Waals surface area contributed by atoms with Crippen LogP contribution in [0.5, 0.6) is 0 Å². The number of fused-ring (bicyclic) bond motifs is 1. The highest BCUT2D eigenvalue weighted by molar-refractivity contribution is 5.79. The molecule has 23 heavy (non-hydrogen) atoms. The van der Waals surface area contributed by atoms with Gasteiger partial charge >= 0.3 is 0 Å². The first-order valence-electron chi connectivity index (χ1n) is 7.88. The number of aryl methyl sites for hydroxylation is 1. The largest absolute Gasteiger partial charge is 0.249 e. The van der Waals surface area contributed by atoms with Crippen molar-refractivity contribution in [3.8, 4) is 11.3 Å². The van der Waals surface area contributed by atoms with E-state index in [2.05, 4.69) is 43.3 Å². The van der Waals surface area contributed by atoms with Crippen LogP contribution in [0.1, 0.15) is 18.2 Å². The van der Waals surface area contributed by atoms with Crippen LogP contribution >= 0.6 is 0 Å². The van der Waals surface area contributed by atoms with Crippen molar-refractivity contribution in [1.82, 2.24) is 9.97 Å². The van der Waals surface area contributed by atoms with Gasteiger partial charge in [-0.05, 0) is 31.5 Å². The zero-order valence-corrected chi connectivity index (χ0v) is 13.5. The monoisotopic (exact) mass is 300 g/mol. The van der Waals surface area contributed by atoms with E-state index in [9.17, 15) is 0 Å². The van der Waals surface area contributed by atoms with Gasteiger partial charge in [-0.15, -0.1) is 0 Å². The van der Waals surface area contributed by atoms with Gasteiger partial charge in [-0.1, -0.05) is 60.7 Å². The summed E-state index contributed by atoms with van der Waals surface area (Å²) in [5.74, 6) is 0. The molecule has 0 radical (unpaired) electrons. The molecule has 3 rings (SSSR count). The maximum absolute atomic E-state index is 4.89. The van der Waals surface area contributed by atoms with Gasteiger partial charge in [0.2, 0.25) is 0 Å². The third-order valence-electron chi connectivity index (χ3n) is 3.69. The van der Waals surface area contributed by atoms with Crippen molar-refractivity contribution >= 4 is 11.0 Å². The number of hydrogen-bond donors (Lipinski definition) is 0. The second-order valence-electron chi connectivity index (χ2n) is 5.54. The summed E-state index contributed by atoms with van der Waals surface area (Å²) in [6.45, 7) is 4.09. The van der Waals surface area contributed by atoms with E-state index in [0.29, 0.717) is 0 Å². The van der Waals surface area contributed by atoms with Gasteiger partial charge in [0.05, 0.1) is 22.4 Å². The third kappa shape index (κ3) is 3.54. The fraction of sp³-hybridized carbons (Fsp3) is 0.143. The van der Waals surface area contributed by atoms with Crippen molar-refractivity contribution < 1.29 is 0 Å². The SMILES string of the molecule is C/C=C\C=C/Cc1nc2ccc(C)cc2nc1-c1ccccc1. The van der Waals surface area contributed by atoms with Gasteiger partial charge in [0.25, 0.3) is 0 Å². The second kappa shape index (κ2) is 7.01. The van der Waals surface area contributed by atoms with Gasteiger partial charge in [-0.2, -0.15) is 0 Å². The maximum Gasteiger partial charge on any atom is 0.0928 e. The topological polar surface area (TPSA) is 25.8 Å². The quantitative estimate of drug-likeness (QED) is 0.613. The highest BCUT2D eigenvalue weighted by Gasteiger charge is 2.10. The predicted molar refractivity (Wildman–Crippen MR) is 97.4 cm³/mol. The number of benzene rings is 2. The Morgan fingerprint density at radius 1 is 0.913 bits per heavy atom. The van der Waals surface area contributed by atoms with E-state index in [1.807, 2.05) is 43.3 Å². The Bertz CT molecular complexity index is 862. The van der Waals surface area contributed by atoms with Crippen molar-refractivity contribution in [2.24, 2.45) is 0 Å². The Kier molecular flexibility index (Phi) is 4.62. The highest BCUT2D eigenvalue weighted by atomic mass is 14.8. The van der Waals surface area contributed by atoms with Gasteiger partial charge < -0.3 is 0 Å². The Labute approximate surface area is 137 Å². The molecule has 0 saturated heterocycles. The van der Waals surface area contributed by atoms with E-state index in [1.54, 1.807) is 0 Å². The van der Waals surface area contributed by atoms with Crippen LogP contribution in [-0.2, 0) is 6.42 Å². The summed E-state index contributed by atoms with van der Waals surface area (Å²) in [5, 5.41) is 0. The van der Waals surface area contributed by atoms with Crippen LogP contribution in [0.4, 0.5) is 0 Å². The first-order chi connectivity index (χ1) is 11.3. The highest BCUT2D eigenvalue weighted by Crippen LogP contribution is 2.24. The lowest BCUT2D eigenvalue weighted by molar-refractivity contribution is 1.11. The molecule has 0 bridgehead atoms. The zero-order chi connectivity index (χ0) is 16.1. The van der Waals surface area contributed by atoms with Gasteiger partial charge in [0.15, 0.2) is 0 Å². The minimum absolute atomic E-state index is 0.769. The minimum Gasteiger partial charge on any atom is -0.249 e. The molecule has 0 amide bonds. The first-order valence-corrected chi connectivity index (χ1v) is 7.88. The smallest absolute Gasteiger partial charge is 0.0928 e. The van der Waals surface area contributed by atoms with Crippen LogP contribution in [0.25, 0.3) is 22.3 Å². The number of allylic oxidation sites excluding steroid dienone is 4. The average Bonchev–Trinajstić information content (AvgIpc) is 2.59. The fourth-order valence-corrected chi connectivity index (χ4v) is 2.54. The molecule has 114 valence electrons. The van der Waals surface area contributed by atoms with Gasteiger partial charge in [-0.25, -0.2) is 9.97 Å². The molecule has 1 aromatic heterocycles. The lowest BCUT2D eigenvalue weighted by atomic mass is 10.1. The maximum atomic E-state index is 4.89. The summed E-state index contributed by atoms with van der Waals surface area (Å²) in [5.41, 5.74) is 6.18. The number of nitrogens with zero attached hydrogens (tertiary/aromatic N) is 2. The van der Waals surface area contributed by atoms with Crippen LogP contribution in [0.15, 0.2) is 72.8 Å². The standard InChI is InChI=1S/C21H20N2/c1-3-4-5-9-12-19-21(17-10-7-6-8-11-17)23-20-15-16(2)13-14-18(20)22-19/h3-11,13-15H,12H2,1-2H3/b4-3-,9-5-. The molecule has 0 atom stereocenters. The predicted octanol–water partition coefficient (Wildman–Crippen LogP) is 5.28. The molecular formula is C21H20N2. The van der Waals surface area contributed by atoms with E-state index in [0.717, 1.165) is 34.4 Å². The summed E-state index contributed by atoms with van der Waals surface area (Å²) in [7, 11) is 0. The van der Waals surface area contributed by atoms with Crippen molar-refractivity contribution in [2.45, 2.75) is 20.3 Å². The van der Waals surface area contributed by atoms with Gasteiger partial charge in [0.1, 0.15) is 0 Å². The molecule has 1 heterocycles. The molecule has 3 aromatic rings. The molecule has 2 aromatic carbocycles. The average molecular weight is 300 g/mol. The summed E-state index contributed by atoms with van der Waals surface area (Å²) >= 11 is 0. The van der Waals surface area contributed by atoms with Gasteiger partial charge in [0, 0.05) is 12.0 Å². The lowest BCUT2D eigenvalue weighted by Gasteiger charge is -2.09. The van der Waals surface area contributed by atoms with E-state index < -0.39 is 0 Å². The van der Waals surface area contributed by atoms with Crippen LogP contribution in [0.2, 0.25) is 0 Å². The Morgan fingerprint density at radius 2 is 1.74 bits per heavy atom. The Morgan fingerprint density at radius 3 is 2.52 bits per heavy atom. The normalized spacial score (nSPS) is 11.7. The molecular weight excluding hydrogens is 280 g/mol. The molecule has 0 fully saturated rings. The van der Waals surface area contributed by atoms with Gasteiger partial charge in [-0.3, -0.25) is 0 Å². The molecule has 0 aliphatic heterocycles. The van der Waals surface area contributed by atoms with E-state index in [1.165, 1.54) is 5.56 Å². The summed E-state index contributed by atoms with van der Waals surface area (Å²) in [4.78, 5) is 9.74. The van der Waals surface area contributed by atoms with E-state index in [4.69, 9.17) is 9.97 Å². The Balaban J connectivity index is 2.12. The van der Waals surface area contributed by atoms with Crippen molar-refractivity contribution in [1.29, 1.82) is 0 Å². The molecule has 0 aliphatic rings. The lowest BCUT2D eigenvalue weighted by Crippen LogP contribution is -1.98. The van der Waals surface area contributed by atoms with Crippen LogP contribution in [0.3, 0.4) is 0 Å². The number of aromatic nitrogens is 2. The van der Waals surface area contributed by atoms with Crippen LogP contribution < -0.4 is 0 Å². The molecule has 0 aliphatic carbocycles. The molecule has 2 nitrogen and oxygen atoms in total.